The van der Waals surface area contributed by atoms with E-state index in [2.05, 4.69) is 46.6 Å². The van der Waals surface area contributed by atoms with Crippen molar-refractivity contribution >= 4 is 34.3 Å². The third-order valence-electron chi connectivity index (χ3n) is 7.84. The smallest absolute Gasteiger partial charge is 0.259 e. The van der Waals surface area contributed by atoms with Crippen molar-refractivity contribution in [3.05, 3.63) is 78.9 Å². The molecule has 0 bridgehead atoms. The van der Waals surface area contributed by atoms with Crippen molar-refractivity contribution in [1.29, 1.82) is 0 Å². The molecular weight excluding hydrogens is 494 g/mol. The number of fused-ring (bicyclic) bond motifs is 2. The summed E-state index contributed by atoms with van der Waals surface area (Å²) in [5, 5.41) is 5.72. The van der Waals surface area contributed by atoms with Crippen LogP contribution in [0.2, 0.25) is 0 Å². The number of likely N-dealkylation sites (tertiary alicyclic amines) is 1. The molecule has 6 rings (SSSR count). The highest BCUT2D eigenvalue weighted by molar-refractivity contribution is 7.10. The van der Waals surface area contributed by atoms with Crippen LogP contribution >= 0.6 is 11.3 Å². The molecule has 1 amide bonds. The summed E-state index contributed by atoms with van der Waals surface area (Å²) in [6, 6.07) is 8.37. The van der Waals surface area contributed by atoms with Crippen molar-refractivity contribution in [2.45, 2.75) is 58.5 Å². The lowest BCUT2D eigenvalue weighted by atomic mass is 10.00. The summed E-state index contributed by atoms with van der Waals surface area (Å²) in [6.07, 6.45) is 6.72. The Bertz CT molecular complexity index is 1450. The van der Waals surface area contributed by atoms with Crippen molar-refractivity contribution < 1.29 is 4.79 Å². The zero-order valence-corrected chi connectivity index (χ0v) is 23.0. The maximum absolute atomic E-state index is 13.2. The van der Waals surface area contributed by atoms with E-state index in [4.69, 9.17) is 4.99 Å². The van der Waals surface area contributed by atoms with Crippen molar-refractivity contribution in [2.75, 3.05) is 31.5 Å². The van der Waals surface area contributed by atoms with E-state index >= 15 is 0 Å². The Kier molecular flexibility index (Phi) is 6.93. The SMILES string of the molecule is Cc1csc(CC(C)Nc2cc[nH]c(=O)c2C2=Nc3cc4c(cc3C2)C(=O)N(CCCN2CCCC2)C4)c1. The highest BCUT2D eigenvalue weighted by Crippen LogP contribution is 2.36. The van der Waals surface area contributed by atoms with Crippen LogP contribution < -0.4 is 10.9 Å². The van der Waals surface area contributed by atoms with Crippen molar-refractivity contribution in [2.24, 2.45) is 4.99 Å². The number of carbonyl (C=O) groups excluding carboxylic acids is 1. The molecule has 2 aromatic heterocycles. The first kappa shape index (κ1) is 25.1. The molecule has 3 aromatic rings. The number of H-pyrrole nitrogens is 1. The lowest BCUT2D eigenvalue weighted by Crippen LogP contribution is -2.29. The summed E-state index contributed by atoms with van der Waals surface area (Å²) >= 11 is 1.77. The molecule has 0 saturated carbocycles. The molecule has 0 radical (unpaired) electrons. The van der Waals surface area contributed by atoms with E-state index in [1.807, 2.05) is 17.0 Å². The van der Waals surface area contributed by atoms with Crippen LogP contribution in [0.1, 0.15) is 63.7 Å². The van der Waals surface area contributed by atoms with Gasteiger partial charge in [0.2, 0.25) is 0 Å². The maximum atomic E-state index is 13.2. The van der Waals surface area contributed by atoms with Crippen LogP contribution in [-0.4, -0.2) is 58.6 Å². The molecule has 1 saturated heterocycles. The second kappa shape index (κ2) is 10.5. The van der Waals surface area contributed by atoms with Crippen LogP contribution in [0.15, 0.2) is 45.6 Å². The molecule has 1 atom stereocenters. The number of amides is 1. The molecule has 3 aliphatic rings. The molecule has 0 spiro atoms. The molecular formula is C30H35N5O2S. The summed E-state index contributed by atoms with van der Waals surface area (Å²) in [5.74, 6) is 0.121. The quantitative estimate of drug-likeness (QED) is 0.413. The van der Waals surface area contributed by atoms with Gasteiger partial charge in [0.25, 0.3) is 11.5 Å². The number of hydrogen-bond donors (Lipinski definition) is 2. The van der Waals surface area contributed by atoms with Gasteiger partial charge in [0, 0.05) is 48.6 Å². The molecule has 7 nitrogen and oxygen atoms in total. The summed E-state index contributed by atoms with van der Waals surface area (Å²) < 4.78 is 0. The van der Waals surface area contributed by atoms with Gasteiger partial charge in [0.1, 0.15) is 0 Å². The second-order valence-electron chi connectivity index (χ2n) is 10.9. The predicted molar refractivity (Wildman–Crippen MR) is 154 cm³/mol. The lowest BCUT2D eigenvalue weighted by molar-refractivity contribution is 0.0772. The van der Waals surface area contributed by atoms with Crippen molar-refractivity contribution in [3.8, 4) is 0 Å². The fourth-order valence-corrected chi connectivity index (χ4v) is 6.99. The number of aromatic amines is 1. The van der Waals surface area contributed by atoms with Crippen LogP contribution in [0.3, 0.4) is 0 Å². The number of nitrogens with one attached hydrogen (secondary N) is 2. The predicted octanol–water partition coefficient (Wildman–Crippen LogP) is 4.91. The number of anilines is 1. The Hall–Kier alpha value is -3.23. The first-order valence-corrected chi connectivity index (χ1v) is 14.6. The number of nitrogens with zero attached hydrogens (tertiary/aromatic N) is 3. The number of hydrogen-bond acceptors (Lipinski definition) is 6. The van der Waals surface area contributed by atoms with E-state index in [1.165, 1.54) is 36.4 Å². The normalized spacial score (nSPS) is 17.6. The number of thiophene rings is 1. The Morgan fingerprint density at radius 1 is 1.13 bits per heavy atom. The number of aromatic nitrogens is 1. The van der Waals surface area contributed by atoms with Gasteiger partial charge in [0.15, 0.2) is 0 Å². The standard InChI is InChI=1S/C30H35N5O2S/c1-19-12-23(38-18-19)13-20(2)32-25-6-7-31-29(36)28(25)27-15-21-14-24-22(16-26(21)33-27)17-35(30(24)37)11-5-10-34-8-3-4-9-34/h6-7,12,14,16,18,20H,3-5,8-11,13,15,17H2,1-2H3,(H2,31,32,36). The minimum Gasteiger partial charge on any atom is -0.381 e. The van der Waals surface area contributed by atoms with Gasteiger partial charge in [-0.15, -0.1) is 11.3 Å². The topological polar surface area (TPSA) is 80.8 Å². The molecule has 5 heterocycles. The first-order valence-electron chi connectivity index (χ1n) is 13.7. The Labute approximate surface area is 227 Å². The van der Waals surface area contributed by atoms with Crippen LogP contribution in [0.5, 0.6) is 0 Å². The van der Waals surface area contributed by atoms with E-state index in [-0.39, 0.29) is 17.5 Å². The molecule has 3 aliphatic heterocycles. The number of pyridine rings is 1. The highest BCUT2D eigenvalue weighted by Gasteiger charge is 2.31. The van der Waals surface area contributed by atoms with Crippen LogP contribution in [-0.2, 0) is 19.4 Å². The fraction of sp³-hybridized carbons (Fsp3) is 0.433. The van der Waals surface area contributed by atoms with Crippen LogP contribution in [0.25, 0.3) is 0 Å². The Morgan fingerprint density at radius 2 is 1.97 bits per heavy atom. The molecule has 38 heavy (non-hydrogen) atoms. The lowest BCUT2D eigenvalue weighted by Gasteiger charge is -2.19. The molecule has 8 heteroatoms. The van der Waals surface area contributed by atoms with Crippen molar-refractivity contribution in [3.63, 3.8) is 0 Å². The van der Waals surface area contributed by atoms with Gasteiger partial charge < -0.3 is 20.1 Å². The number of aliphatic imine (C=N–C) groups is 1. The maximum Gasteiger partial charge on any atom is 0.259 e. The summed E-state index contributed by atoms with van der Waals surface area (Å²) in [5.41, 5.74) is 7.01. The fourth-order valence-electron chi connectivity index (χ4n) is 5.98. The molecule has 2 N–H and O–H groups in total. The summed E-state index contributed by atoms with van der Waals surface area (Å²) in [6.45, 7) is 9.13. The number of benzene rings is 1. The number of rotatable bonds is 9. The minimum absolute atomic E-state index is 0.121. The zero-order valence-electron chi connectivity index (χ0n) is 22.2. The highest BCUT2D eigenvalue weighted by atomic mass is 32.1. The summed E-state index contributed by atoms with van der Waals surface area (Å²) in [7, 11) is 0. The summed E-state index contributed by atoms with van der Waals surface area (Å²) in [4.78, 5) is 39.7. The molecule has 1 aromatic carbocycles. The van der Waals surface area contributed by atoms with Gasteiger partial charge in [-0.05, 0) is 99.1 Å². The van der Waals surface area contributed by atoms with Gasteiger partial charge >= 0.3 is 0 Å². The third-order valence-corrected chi connectivity index (χ3v) is 8.92. The van der Waals surface area contributed by atoms with Crippen molar-refractivity contribution in [1.82, 2.24) is 14.8 Å². The Morgan fingerprint density at radius 3 is 2.76 bits per heavy atom. The molecule has 0 aliphatic carbocycles. The van der Waals surface area contributed by atoms with Gasteiger partial charge in [-0.3, -0.25) is 14.6 Å². The average Bonchev–Trinajstić information content (AvgIpc) is 3.67. The molecule has 1 unspecified atom stereocenters. The second-order valence-corrected chi connectivity index (χ2v) is 11.9. The van der Waals surface area contributed by atoms with Gasteiger partial charge in [-0.1, -0.05) is 0 Å². The van der Waals surface area contributed by atoms with E-state index in [0.717, 1.165) is 59.7 Å². The van der Waals surface area contributed by atoms with Gasteiger partial charge in [0.05, 0.1) is 22.6 Å². The monoisotopic (exact) mass is 529 g/mol. The number of carbonyl (C=O) groups is 1. The Balaban J connectivity index is 1.17. The third kappa shape index (κ3) is 5.07. The molecule has 198 valence electrons. The van der Waals surface area contributed by atoms with E-state index < -0.39 is 0 Å². The van der Waals surface area contributed by atoms with E-state index in [1.54, 1.807) is 17.5 Å². The minimum atomic E-state index is -0.145. The van der Waals surface area contributed by atoms with Gasteiger partial charge in [-0.25, -0.2) is 0 Å². The molecule has 1 fully saturated rings. The van der Waals surface area contributed by atoms with Crippen LogP contribution in [0.4, 0.5) is 11.4 Å². The van der Waals surface area contributed by atoms with E-state index in [9.17, 15) is 9.59 Å². The van der Waals surface area contributed by atoms with E-state index in [0.29, 0.717) is 18.5 Å². The largest absolute Gasteiger partial charge is 0.381 e. The zero-order chi connectivity index (χ0) is 26.2. The number of aryl methyl sites for hydroxylation is 1. The van der Waals surface area contributed by atoms with Gasteiger partial charge in [-0.2, -0.15) is 0 Å². The van der Waals surface area contributed by atoms with Crippen LogP contribution in [0, 0.1) is 6.92 Å². The average molecular weight is 530 g/mol. The first-order chi connectivity index (χ1) is 18.4.